The van der Waals surface area contributed by atoms with Crippen LogP contribution in [0.2, 0.25) is 0 Å². The summed E-state index contributed by atoms with van der Waals surface area (Å²) < 4.78 is 10.8. The highest BCUT2D eigenvalue weighted by atomic mass is 16.6. The molecule has 1 aliphatic heterocycles. The Morgan fingerprint density at radius 3 is 2.48 bits per heavy atom. The van der Waals surface area contributed by atoms with E-state index in [1.165, 1.54) is 0 Å². The standard InChI is InChI=1S/C21H20N2O4/c1-14(20(24)23-12-11-17-5-3-4-6-19(17)23)27-21(25)15(2)26-18-9-7-16(13-22)8-10-18/h3-10,14-15H,11-12H2,1-2H3/t14-,15-/m1/s1. The van der Waals surface area contributed by atoms with E-state index < -0.39 is 18.2 Å². The van der Waals surface area contributed by atoms with E-state index in [4.69, 9.17) is 14.7 Å². The van der Waals surface area contributed by atoms with Crippen LogP contribution in [0.25, 0.3) is 0 Å². The first kappa shape index (κ1) is 18.5. The Hall–Kier alpha value is -3.33. The number of amides is 1. The number of anilines is 1. The van der Waals surface area contributed by atoms with E-state index in [-0.39, 0.29) is 5.91 Å². The Morgan fingerprint density at radius 2 is 1.78 bits per heavy atom. The third kappa shape index (κ3) is 4.09. The van der Waals surface area contributed by atoms with E-state index in [2.05, 4.69) is 0 Å². The van der Waals surface area contributed by atoms with Gasteiger partial charge in [0, 0.05) is 12.2 Å². The van der Waals surface area contributed by atoms with Crippen LogP contribution in [0.1, 0.15) is 25.0 Å². The third-order valence-corrected chi connectivity index (χ3v) is 4.42. The van der Waals surface area contributed by atoms with Crippen molar-refractivity contribution in [2.75, 3.05) is 11.4 Å². The fraction of sp³-hybridized carbons (Fsp3) is 0.286. The van der Waals surface area contributed by atoms with Crippen LogP contribution in [0.15, 0.2) is 48.5 Å². The Bertz CT molecular complexity index is 886. The molecule has 0 spiro atoms. The number of esters is 1. The Labute approximate surface area is 157 Å². The summed E-state index contributed by atoms with van der Waals surface area (Å²) in [6.45, 7) is 3.70. The number of rotatable bonds is 5. The van der Waals surface area contributed by atoms with Crippen molar-refractivity contribution >= 4 is 17.6 Å². The molecule has 6 nitrogen and oxygen atoms in total. The third-order valence-electron chi connectivity index (χ3n) is 4.42. The first-order valence-corrected chi connectivity index (χ1v) is 8.76. The van der Waals surface area contributed by atoms with E-state index in [0.717, 1.165) is 17.7 Å². The molecule has 0 saturated heterocycles. The number of para-hydroxylation sites is 1. The van der Waals surface area contributed by atoms with E-state index >= 15 is 0 Å². The minimum atomic E-state index is -0.907. The normalized spacial score (nSPS) is 14.6. The largest absolute Gasteiger partial charge is 0.479 e. The summed E-state index contributed by atoms with van der Waals surface area (Å²) in [6.07, 6.45) is -0.990. The highest BCUT2D eigenvalue weighted by Crippen LogP contribution is 2.28. The van der Waals surface area contributed by atoms with Gasteiger partial charge in [-0.25, -0.2) is 4.79 Å². The number of hydrogen-bond acceptors (Lipinski definition) is 5. The van der Waals surface area contributed by atoms with Gasteiger partial charge in [0.15, 0.2) is 12.2 Å². The quantitative estimate of drug-likeness (QED) is 0.762. The van der Waals surface area contributed by atoms with Crippen LogP contribution >= 0.6 is 0 Å². The van der Waals surface area contributed by atoms with Gasteiger partial charge in [0.2, 0.25) is 0 Å². The molecule has 1 heterocycles. The van der Waals surface area contributed by atoms with Gasteiger partial charge in [-0.2, -0.15) is 5.26 Å². The van der Waals surface area contributed by atoms with Crippen molar-refractivity contribution in [3.8, 4) is 11.8 Å². The second kappa shape index (κ2) is 7.92. The number of nitrogens with zero attached hydrogens (tertiary/aromatic N) is 2. The molecule has 2 atom stereocenters. The average Bonchev–Trinajstić information content (AvgIpc) is 3.12. The van der Waals surface area contributed by atoms with Crippen molar-refractivity contribution in [1.29, 1.82) is 5.26 Å². The molecule has 6 heteroatoms. The first-order valence-electron chi connectivity index (χ1n) is 8.76. The van der Waals surface area contributed by atoms with Gasteiger partial charge in [0.25, 0.3) is 5.91 Å². The van der Waals surface area contributed by atoms with Crippen LogP contribution in [0.5, 0.6) is 5.75 Å². The molecule has 0 radical (unpaired) electrons. The van der Waals surface area contributed by atoms with Crippen molar-refractivity contribution in [3.05, 3.63) is 59.7 Å². The zero-order valence-electron chi connectivity index (χ0n) is 15.2. The molecule has 1 aliphatic rings. The lowest BCUT2D eigenvalue weighted by Crippen LogP contribution is -2.41. The number of fused-ring (bicyclic) bond motifs is 1. The lowest BCUT2D eigenvalue weighted by atomic mass is 10.2. The van der Waals surface area contributed by atoms with Crippen LogP contribution in [0, 0.1) is 11.3 Å². The van der Waals surface area contributed by atoms with Crippen molar-refractivity contribution < 1.29 is 19.1 Å². The molecular formula is C21H20N2O4. The number of benzene rings is 2. The van der Waals surface area contributed by atoms with Crippen molar-refractivity contribution in [1.82, 2.24) is 0 Å². The molecule has 2 aromatic carbocycles. The van der Waals surface area contributed by atoms with Gasteiger partial charge in [-0.3, -0.25) is 4.79 Å². The van der Waals surface area contributed by atoms with E-state index in [1.54, 1.807) is 43.0 Å². The van der Waals surface area contributed by atoms with Gasteiger partial charge in [-0.15, -0.1) is 0 Å². The second-order valence-corrected chi connectivity index (χ2v) is 6.34. The van der Waals surface area contributed by atoms with Crippen LogP contribution in [0.4, 0.5) is 5.69 Å². The number of hydrogen-bond donors (Lipinski definition) is 0. The number of ether oxygens (including phenoxy) is 2. The monoisotopic (exact) mass is 364 g/mol. The second-order valence-electron chi connectivity index (χ2n) is 6.34. The molecule has 2 aromatic rings. The predicted molar refractivity (Wildman–Crippen MR) is 99.3 cm³/mol. The Morgan fingerprint density at radius 1 is 1.07 bits per heavy atom. The summed E-state index contributed by atoms with van der Waals surface area (Å²) in [5.74, 6) is -0.419. The zero-order valence-corrected chi connectivity index (χ0v) is 15.2. The minimum Gasteiger partial charge on any atom is -0.479 e. The molecule has 0 saturated carbocycles. The van der Waals surface area contributed by atoms with Crippen molar-refractivity contribution in [2.24, 2.45) is 0 Å². The summed E-state index contributed by atoms with van der Waals surface area (Å²) in [6, 6.07) is 16.1. The summed E-state index contributed by atoms with van der Waals surface area (Å²) in [5, 5.41) is 8.80. The predicted octanol–water partition coefficient (Wildman–Crippen LogP) is 2.85. The molecule has 1 amide bonds. The molecular weight excluding hydrogens is 344 g/mol. The van der Waals surface area contributed by atoms with E-state index in [0.29, 0.717) is 17.9 Å². The van der Waals surface area contributed by atoms with Gasteiger partial charge < -0.3 is 14.4 Å². The van der Waals surface area contributed by atoms with Gasteiger partial charge in [-0.1, -0.05) is 18.2 Å². The van der Waals surface area contributed by atoms with Crippen molar-refractivity contribution in [3.63, 3.8) is 0 Å². The van der Waals surface area contributed by atoms with E-state index in [9.17, 15) is 9.59 Å². The molecule has 0 fully saturated rings. The number of carbonyl (C=O) groups is 2. The maximum absolute atomic E-state index is 12.7. The maximum Gasteiger partial charge on any atom is 0.347 e. The fourth-order valence-corrected chi connectivity index (χ4v) is 2.97. The average molecular weight is 364 g/mol. The van der Waals surface area contributed by atoms with Crippen molar-refractivity contribution in [2.45, 2.75) is 32.5 Å². The zero-order chi connectivity index (χ0) is 19.4. The highest BCUT2D eigenvalue weighted by molar-refractivity contribution is 5.99. The van der Waals surface area contributed by atoms with Gasteiger partial charge in [0.1, 0.15) is 5.75 Å². The summed E-state index contributed by atoms with van der Waals surface area (Å²) in [4.78, 5) is 26.6. The van der Waals surface area contributed by atoms with Crippen LogP contribution in [0.3, 0.4) is 0 Å². The van der Waals surface area contributed by atoms with Crippen LogP contribution in [-0.2, 0) is 20.7 Å². The van der Waals surface area contributed by atoms with Crippen LogP contribution < -0.4 is 9.64 Å². The molecule has 0 N–H and O–H groups in total. The van der Waals surface area contributed by atoms with Gasteiger partial charge in [0.05, 0.1) is 11.6 Å². The molecule has 0 aromatic heterocycles. The summed E-state index contributed by atoms with van der Waals surface area (Å²) >= 11 is 0. The Kier molecular flexibility index (Phi) is 5.41. The highest BCUT2D eigenvalue weighted by Gasteiger charge is 2.31. The van der Waals surface area contributed by atoms with Gasteiger partial charge >= 0.3 is 5.97 Å². The summed E-state index contributed by atoms with van der Waals surface area (Å²) in [5.41, 5.74) is 2.48. The molecule has 0 unspecified atom stereocenters. The lowest BCUT2D eigenvalue weighted by molar-refractivity contribution is -0.160. The molecule has 3 rings (SSSR count). The SMILES string of the molecule is C[C@@H](Oc1ccc(C#N)cc1)C(=O)O[C@H](C)C(=O)N1CCc2ccccc21. The molecule has 0 bridgehead atoms. The molecule has 0 aliphatic carbocycles. The van der Waals surface area contributed by atoms with Crippen LogP contribution in [-0.4, -0.2) is 30.6 Å². The fourth-order valence-electron chi connectivity index (χ4n) is 2.97. The number of carbonyl (C=O) groups excluding carboxylic acids is 2. The Balaban J connectivity index is 1.58. The minimum absolute atomic E-state index is 0.251. The smallest absolute Gasteiger partial charge is 0.347 e. The molecule has 138 valence electrons. The first-order chi connectivity index (χ1) is 13.0. The topological polar surface area (TPSA) is 79.6 Å². The summed E-state index contributed by atoms with van der Waals surface area (Å²) in [7, 11) is 0. The van der Waals surface area contributed by atoms with Gasteiger partial charge in [-0.05, 0) is 56.2 Å². The lowest BCUT2D eigenvalue weighted by Gasteiger charge is -2.23. The van der Waals surface area contributed by atoms with E-state index in [1.807, 2.05) is 30.3 Å². The maximum atomic E-state index is 12.7. The molecule has 27 heavy (non-hydrogen) atoms. The number of nitriles is 1.